The maximum absolute atomic E-state index is 9.84. The smallest absolute Gasteiger partial charge is 0.288 e. The molecule has 90 valence electrons. The number of fused-ring (bicyclic) bond motifs is 1. The summed E-state index contributed by atoms with van der Waals surface area (Å²) < 4.78 is 5.80. The lowest BCUT2D eigenvalue weighted by molar-refractivity contribution is 0.0944. The predicted octanol–water partition coefficient (Wildman–Crippen LogP) is -0.421. The highest BCUT2D eigenvalue weighted by Gasteiger charge is 2.49. The lowest BCUT2D eigenvalue weighted by atomic mass is 10.1. The molecule has 1 aliphatic carbocycles. The number of hydrogen-bond acceptors (Lipinski definition) is 5. The van der Waals surface area contributed by atoms with Gasteiger partial charge in [-0.2, -0.15) is 0 Å². The Morgan fingerprint density at radius 1 is 1.38 bits per heavy atom. The molecule has 4 unspecified atom stereocenters. The van der Waals surface area contributed by atoms with E-state index in [1.807, 2.05) is 0 Å². The van der Waals surface area contributed by atoms with Crippen molar-refractivity contribution in [2.45, 2.75) is 37.5 Å². The van der Waals surface area contributed by atoms with Crippen molar-refractivity contribution in [3.63, 3.8) is 0 Å². The highest BCUT2D eigenvalue weighted by molar-refractivity contribution is 5.76. The van der Waals surface area contributed by atoms with Gasteiger partial charge in [0, 0.05) is 25.6 Å². The van der Waals surface area contributed by atoms with Crippen LogP contribution in [0.15, 0.2) is 4.99 Å². The zero-order chi connectivity index (χ0) is 11.1. The second-order valence-electron chi connectivity index (χ2n) is 4.92. The summed E-state index contributed by atoms with van der Waals surface area (Å²) in [6, 6.07) is 0.525. The van der Waals surface area contributed by atoms with Crippen molar-refractivity contribution in [3.8, 4) is 0 Å². The van der Waals surface area contributed by atoms with Crippen LogP contribution in [0.3, 0.4) is 0 Å². The monoisotopic (exact) mass is 226 g/mol. The van der Waals surface area contributed by atoms with Crippen LogP contribution in [0.1, 0.15) is 19.3 Å². The molecule has 5 heteroatoms. The van der Waals surface area contributed by atoms with E-state index in [0.717, 1.165) is 13.1 Å². The summed E-state index contributed by atoms with van der Waals surface area (Å²) in [5.74, 6) is 0.0313. The third-order valence-electron chi connectivity index (χ3n) is 3.85. The molecule has 3 rings (SSSR count). The lowest BCUT2D eigenvalue weighted by Crippen LogP contribution is -2.32. The molecule has 1 saturated heterocycles. The Morgan fingerprint density at radius 2 is 2.12 bits per heavy atom. The van der Waals surface area contributed by atoms with Crippen LogP contribution in [0.2, 0.25) is 0 Å². The van der Waals surface area contributed by atoms with Crippen molar-refractivity contribution in [3.05, 3.63) is 0 Å². The van der Waals surface area contributed by atoms with E-state index in [2.05, 4.69) is 9.89 Å². The van der Waals surface area contributed by atoms with Gasteiger partial charge < -0.3 is 19.8 Å². The van der Waals surface area contributed by atoms with Gasteiger partial charge in [0.1, 0.15) is 12.1 Å². The van der Waals surface area contributed by atoms with Gasteiger partial charge in [0.15, 0.2) is 0 Å². The molecule has 0 aromatic carbocycles. The molecule has 0 bridgehead atoms. The number of rotatable bonds is 1. The zero-order valence-electron chi connectivity index (χ0n) is 9.25. The predicted molar refractivity (Wildman–Crippen MR) is 58.1 cm³/mol. The maximum atomic E-state index is 9.84. The van der Waals surface area contributed by atoms with Crippen molar-refractivity contribution >= 4 is 6.02 Å². The lowest BCUT2D eigenvalue weighted by Gasteiger charge is -2.20. The maximum Gasteiger partial charge on any atom is 0.288 e. The number of likely N-dealkylation sites (tertiary alicyclic amines) is 1. The van der Waals surface area contributed by atoms with Crippen LogP contribution in [-0.4, -0.2) is 59.1 Å². The molecule has 0 aromatic heterocycles. The second kappa shape index (κ2) is 3.89. The van der Waals surface area contributed by atoms with E-state index in [1.165, 1.54) is 12.8 Å². The molecule has 0 spiro atoms. The van der Waals surface area contributed by atoms with Crippen LogP contribution in [0, 0.1) is 5.92 Å². The molecule has 3 aliphatic rings. The molecule has 5 nitrogen and oxygen atoms in total. The average molecular weight is 226 g/mol. The summed E-state index contributed by atoms with van der Waals surface area (Å²) in [6.45, 7) is 2.07. The number of aliphatic hydroxyl groups excluding tert-OH is 2. The van der Waals surface area contributed by atoms with Crippen molar-refractivity contribution in [2.24, 2.45) is 10.9 Å². The summed E-state index contributed by atoms with van der Waals surface area (Å²) >= 11 is 0. The fourth-order valence-corrected chi connectivity index (χ4v) is 2.93. The van der Waals surface area contributed by atoms with Gasteiger partial charge in [0.2, 0.25) is 0 Å². The van der Waals surface area contributed by atoms with Gasteiger partial charge in [-0.15, -0.1) is 0 Å². The van der Waals surface area contributed by atoms with Crippen LogP contribution in [0.4, 0.5) is 0 Å². The molecule has 0 aromatic rings. The second-order valence-corrected chi connectivity index (χ2v) is 4.92. The van der Waals surface area contributed by atoms with Crippen molar-refractivity contribution in [1.29, 1.82) is 0 Å². The molecular weight excluding hydrogens is 208 g/mol. The van der Waals surface area contributed by atoms with Crippen molar-refractivity contribution < 1.29 is 14.9 Å². The Hall–Kier alpha value is -0.810. The van der Waals surface area contributed by atoms with Gasteiger partial charge in [-0.05, 0) is 19.3 Å². The molecule has 16 heavy (non-hydrogen) atoms. The molecule has 0 radical (unpaired) electrons. The molecule has 2 fully saturated rings. The van der Waals surface area contributed by atoms with Gasteiger partial charge in [0.25, 0.3) is 6.02 Å². The van der Waals surface area contributed by atoms with Crippen LogP contribution >= 0.6 is 0 Å². The van der Waals surface area contributed by atoms with Crippen molar-refractivity contribution in [2.75, 3.05) is 19.7 Å². The normalized spacial score (nSPS) is 42.1. The molecule has 0 amide bonds. The highest BCUT2D eigenvalue weighted by Crippen LogP contribution is 2.35. The van der Waals surface area contributed by atoms with E-state index in [-0.39, 0.29) is 24.7 Å². The number of amidine groups is 1. The van der Waals surface area contributed by atoms with Gasteiger partial charge >= 0.3 is 0 Å². The average Bonchev–Trinajstić information content (AvgIpc) is 2.94. The van der Waals surface area contributed by atoms with E-state index < -0.39 is 6.10 Å². The Labute approximate surface area is 94.7 Å². The van der Waals surface area contributed by atoms with E-state index in [0.29, 0.717) is 12.4 Å². The quantitative estimate of drug-likeness (QED) is 0.637. The topological polar surface area (TPSA) is 65.3 Å². The van der Waals surface area contributed by atoms with Crippen LogP contribution in [0.25, 0.3) is 0 Å². The van der Waals surface area contributed by atoms with E-state index in [1.54, 1.807) is 0 Å². The number of ether oxygens (including phenoxy) is 1. The molecule has 2 N–H and O–H groups in total. The first-order chi connectivity index (χ1) is 7.79. The Bertz CT molecular complexity index is 302. The molecular formula is C11H18N2O3. The van der Waals surface area contributed by atoms with Gasteiger partial charge in [-0.25, -0.2) is 4.99 Å². The molecule has 4 atom stereocenters. The minimum absolute atomic E-state index is 0.0313. The first-order valence-electron chi connectivity index (χ1n) is 6.08. The first kappa shape index (κ1) is 10.4. The SMILES string of the molecule is OCC1CC(O)C2N=C(N3CCCC3)OC12. The summed E-state index contributed by atoms with van der Waals surface area (Å²) in [4.78, 5) is 6.61. The number of aliphatic hydroxyl groups is 2. The fraction of sp³-hybridized carbons (Fsp3) is 0.909. The largest absolute Gasteiger partial charge is 0.459 e. The minimum Gasteiger partial charge on any atom is -0.459 e. The minimum atomic E-state index is -0.456. The Balaban J connectivity index is 1.74. The van der Waals surface area contributed by atoms with Crippen LogP contribution in [-0.2, 0) is 4.74 Å². The fourth-order valence-electron chi connectivity index (χ4n) is 2.93. The standard InChI is InChI=1S/C11H18N2O3/c14-6-7-5-8(15)9-10(7)16-11(12-9)13-3-1-2-4-13/h7-10,14-15H,1-6H2. The number of hydrogen-bond donors (Lipinski definition) is 2. The third kappa shape index (κ3) is 1.50. The zero-order valence-corrected chi connectivity index (χ0v) is 9.25. The summed E-state index contributed by atoms with van der Waals surface area (Å²) in [7, 11) is 0. The summed E-state index contributed by atoms with van der Waals surface area (Å²) in [6.07, 6.45) is 2.40. The van der Waals surface area contributed by atoms with Crippen LogP contribution < -0.4 is 0 Å². The Kier molecular flexibility index (Phi) is 2.52. The van der Waals surface area contributed by atoms with E-state index in [9.17, 15) is 10.2 Å². The third-order valence-corrected chi connectivity index (χ3v) is 3.85. The van der Waals surface area contributed by atoms with Crippen molar-refractivity contribution in [1.82, 2.24) is 4.90 Å². The molecule has 2 aliphatic heterocycles. The molecule has 2 heterocycles. The van der Waals surface area contributed by atoms with Gasteiger partial charge in [-0.1, -0.05) is 0 Å². The van der Waals surface area contributed by atoms with Crippen LogP contribution in [0.5, 0.6) is 0 Å². The Morgan fingerprint density at radius 3 is 2.81 bits per heavy atom. The van der Waals surface area contributed by atoms with E-state index in [4.69, 9.17) is 4.74 Å². The highest BCUT2D eigenvalue weighted by atomic mass is 16.5. The van der Waals surface area contributed by atoms with Gasteiger partial charge in [0.05, 0.1) is 6.10 Å². The van der Waals surface area contributed by atoms with E-state index >= 15 is 0 Å². The summed E-state index contributed by atoms with van der Waals surface area (Å²) in [5, 5.41) is 19.1. The number of aliphatic imine (C=N–C) groups is 1. The summed E-state index contributed by atoms with van der Waals surface area (Å²) in [5.41, 5.74) is 0. The number of nitrogens with zero attached hydrogens (tertiary/aromatic N) is 2. The molecule has 1 saturated carbocycles. The first-order valence-corrected chi connectivity index (χ1v) is 6.08. The van der Waals surface area contributed by atoms with Gasteiger partial charge in [-0.3, -0.25) is 0 Å².